The van der Waals surface area contributed by atoms with E-state index in [0.717, 1.165) is 17.3 Å². The third kappa shape index (κ3) is 3.85. The zero-order valence-corrected chi connectivity index (χ0v) is 12.2. The van der Waals surface area contributed by atoms with E-state index in [1.807, 2.05) is 19.2 Å². The van der Waals surface area contributed by atoms with Gasteiger partial charge in [-0.1, -0.05) is 25.3 Å². The second kappa shape index (κ2) is 6.94. The fourth-order valence-electron chi connectivity index (χ4n) is 2.89. The first kappa shape index (κ1) is 15.1. The maximum atomic E-state index is 10.5. The van der Waals surface area contributed by atoms with Crippen molar-refractivity contribution in [2.75, 3.05) is 11.9 Å². The number of benzene rings is 1. The molecule has 21 heavy (non-hydrogen) atoms. The van der Waals surface area contributed by atoms with Gasteiger partial charge >= 0.3 is 5.97 Å². The van der Waals surface area contributed by atoms with Gasteiger partial charge in [0.05, 0.1) is 11.3 Å². The molecule has 4 nitrogen and oxygen atoms in total. The van der Waals surface area contributed by atoms with Crippen molar-refractivity contribution in [3.8, 4) is 6.07 Å². The number of anilines is 1. The van der Waals surface area contributed by atoms with Crippen molar-refractivity contribution in [1.82, 2.24) is 0 Å². The Morgan fingerprint density at radius 3 is 2.71 bits per heavy atom. The molecule has 1 aliphatic carbocycles. The molecule has 1 aromatic carbocycles. The van der Waals surface area contributed by atoms with Gasteiger partial charge in [0, 0.05) is 19.2 Å². The Morgan fingerprint density at radius 1 is 1.38 bits per heavy atom. The molecule has 0 amide bonds. The monoisotopic (exact) mass is 284 g/mol. The second-order valence-electron chi connectivity index (χ2n) is 5.46. The molecular formula is C17H20N2O2. The van der Waals surface area contributed by atoms with Crippen molar-refractivity contribution in [2.45, 2.75) is 38.1 Å². The van der Waals surface area contributed by atoms with Gasteiger partial charge in [0.2, 0.25) is 0 Å². The van der Waals surface area contributed by atoms with E-state index in [1.165, 1.54) is 38.2 Å². The normalized spacial score (nSPS) is 15.8. The van der Waals surface area contributed by atoms with Crippen LogP contribution in [0.2, 0.25) is 0 Å². The quantitative estimate of drug-likeness (QED) is 0.860. The third-order valence-electron chi connectivity index (χ3n) is 4.06. The van der Waals surface area contributed by atoms with E-state index in [9.17, 15) is 10.1 Å². The Labute approximate surface area is 125 Å². The minimum Gasteiger partial charge on any atom is -0.478 e. The number of hydrogen-bond donors (Lipinski definition) is 1. The molecule has 1 saturated carbocycles. The smallest absolute Gasteiger partial charge is 0.328 e. The van der Waals surface area contributed by atoms with Gasteiger partial charge in [-0.25, -0.2) is 4.79 Å². The highest BCUT2D eigenvalue weighted by Gasteiger charge is 2.20. The van der Waals surface area contributed by atoms with E-state index in [1.54, 1.807) is 6.07 Å². The number of aliphatic carboxylic acids is 1. The number of nitrogens with zero attached hydrogens (tertiary/aromatic N) is 2. The van der Waals surface area contributed by atoms with Gasteiger partial charge in [-0.2, -0.15) is 5.26 Å². The van der Waals surface area contributed by atoms with Crippen molar-refractivity contribution in [3.63, 3.8) is 0 Å². The van der Waals surface area contributed by atoms with Crippen molar-refractivity contribution in [2.24, 2.45) is 0 Å². The zero-order valence-electron chi connectivity index (χ0n) is 12.2. The molecule has 0 aromatic heterocycles. The molecule has 1 aliphatic rings. The van der Waals surface area contributed by atoms with Crippen LogP contribution in [0.1, 0.15) is 43.2 Å². The average molecular weight is 284 g/mol. The molecule has 0 spiro atoms. The zero-order chi connectivity index (χ0) is 15.2. The van der Waals surface area contributed by atoms with Crippen LogP contribution in [0.15, 0.2) is 24.3 Å². The largest absolute Gasteiger partial charge is 0.478 e. The van der Waals surface area contributed by atoms with Crippen LogP contribution >= 0.6 is 0 Å². The van der Waals surface area contributed by atoms with Crippen molar-refractivity contribution >= 4 is 17.7 Å². The minimum absolute atomic E-state index is 0.492. The van der Waals surface area contributed by atoms with E-state index >= 15 is 0 Å². The van der Waals surface area contributed by atoms with Crippen LogP contribution in [0.25, 0.3) is 6.08 Å². The summed E-state index contributed by atoms with van der Waals surface area (Å²) in [4.78, 5) is 12.7. The fraction of sp³-hybridized carbons (Fsp3) is 0.412. The van der Waals surface area contributed by atoms with E-state index in [0.29, 0.717) is 11.6 Å². The second-order valence-corrected chi connectivity index (χ2v) is 5.46. The van der Waals surface area contributed by atoms with Crippen LogP contribution in [0.5, 0.6) is 0 Å². The van der Waals surface area contributed by atoms with Crippen molar-refractivity contribution < 1.29 is 9.90 Å². The Balaban J connectivity index is 2.23. The number of nitriles is 1. The minimum atomic E-state index is -0.989. The van der Waals surface area contributed by atoms with E-state index in [4.69, 9.17) is 5.11 Å². The summed E-state index contributed by atoms with van der Waals surface area (Å²) in [7, 11) is 2.04. The highest BCUT2D eigenvalue weighted by Crippen LogP contribution is 2.29. The lowest BCUT2D eigenvalue weighted by Gasteiger charge is -2.33. The number of carboxylic acids is 1. The molecule has 0 bridgehead atoms. The summed E-state index contributed by atoms with van der Waals surface area (Å²) in [6.07, 6.45) is 8.72. The van der Waals surface area contributed by atoms with Crippen molar-refractivity contribution in [3.05, 3.63) is 35.4 Å². The molecule has 4 heteroatoms. The Morgan fingerprint density at radius 2 is 2.10 bits per heavy atom. The molecule has 1 fully saturated rings. The molecule has 2 rings (SSSR count). The summed E-state index contributed by atoms with van der Waals surface area (Å²) in [6, 6.07) is 8.22. The van der Waals surface area contributed by atoms with E-state index < -0.39 is 5.97 Å². The standard InChI is InChI=1S/C17H20N2O2/c1-19(15-5-3-2-4-6-15)16-9-7-13(8-10-17(20)21)11-14(16)12-18/h7-11,15H,2-6H2,1H3,(H,20,21)/b10-8+. The molecule has 0 saturated heterocycles. The molecule has 1 N–H and O–H groups in total. The summed E-state index contributed by atoms with van der Waals surface area (Å²) in [6.45, 7) is 0. The van der Waals surface area contributed by atoms with Crippen LogP contribution in [0.4, 0.5) is 5.69 Å². The molecule has 110 valence electrons. The van der Waals surface area contributed by atoms with Gasteiger partial charge in [0.25, 0.3) is 0 Å². The molecule has 0 aliphatic heterocycles. The maximum absolute atomic E-state index is 10.5. The predicted molar refractivity (Wildman–Crippen MR) is 83.1 cm³/mol. The first-order valence-electron chi connectivity index (χ1n) is 7.30. The molecule has 1 aromatic rings. The topological polar surface area (TPSA) is 64.3 Å². The molecule has 0 radical (unpaired) electrons. The van der Waals surface area contributed by atoms with Crippen LogP contribution < -0.4 is 4.90 Å². The van der Waals surface area contributed by atoms with Crippen LogP contribution in [0, 0.1) is 11.3 Å². The fourth-order valence-corrected chi connectivity index (χ4v) is 2.89. The number of rotatable bonds is 4. The van der Waals surface area contributed by atoms with Gasteiger partial charge in [0.15, 0.2) is 0 Å². The van der Waals surface area contributed by atoms with Crippen LogP contribution in [-0.2, 0) is 4.79 Å². The molecule has 0 heterocycles. The maximum Gasteiger partial charge on any atom is 0.328 e. The van der Waals surface area contributed by atoms with E-state index in [-0.39, 0.29) is 0 Å². The average Bonchev–Trinajstić information content (AvgIpc) is 2.52. The lowest BCUT2D eigenvalue weighted by atomic mass is 9.93. The molecule has 0 unspecified atom stereocenters. The lowest BCUT2D eigenvalue weighted by molar-refractivity contribution is -0.131. The molecule has 0 atom stereocenters. The highest BCUT2D eigenvalue weighted by molar-refractivity contribution is 5.85. The highest BCUT2D eigenvalue weighted by atomic mass is 16.4. The summed E-state index contributed by atoms with van der Waals surface area (Å²) in [5, 5.41) is 18.0. The van der Waals surface area contributed by atoms with Crippen LogP contribution in [0.3, 0.4) is 0 Å². The summed E-state index contributed by atoms with van der Waals surface area (Å²) in [5.41, 5.74) is 2.25. The van der Waals surface area contributed by atoms with Gasteiger partial charge in [-0.3, -0.25) is 0 Å². The third-order valence-corrected chi connectivity index (χ3v) is 4.06. The first-order chi connectivity index (χ1) is 10.1. The van der Waals surface area contributed by atoms with Gasteiger partial charge in [0.1, 0.15) is 6.07 Å². The Hall–Kier alpha value is -2.28. The Bertz CT molecular complexity index is 581. The summed E-state index contributed by atoms with van der Waals surface area (Å²) >= 11 is 0. The first-order valence-corrected chi connectivity index (χ1v) is 7.30. The number of hydrogen-bond acceptors (Lipinski definition) is 3. The SMILES string of the molecule is CN(c1ccc(/C=C/C(=O)O)cc1C#N)C1CCCCC1. The van der Waals surface area contributed by atoms with E-state index in [2.05, 4.69) is 11.0 Å². The van der Waals surface area contributed by atoms with Crippen LogP contribution in [-0.4, -0.2) is 24.2 Å². The van der Waals surface area contributed by atoms with Crippen molar-refractivity contribution in [1.29, 1.82) is 5.26 Å². The Kier molecular flexibility index (Phi) is 4.99. The number of carboxylic acid groups (broad SMARTS) is 1. The molecular weight excluding hydrogens is 264 g/mol. The number of carbonyl (C=O) groups is 1. The lowest BCUT2D eigenvalue weighted by Crippen LogP contribution is -2.33. The summed E-state index contributed by atoms with van der Waals surface area (Å²) < 4.78 is 0. The van der Waals surface area contributed by atoms with Gasteiger partial charge in [-0.05, 0) is 36.6 Å². The van der Waals surface area contributed by atoms with Gasteiger partial charge in [-0.15, -0.1) is 0 Å². The summed E-state index contributed by atoms with van der Waals surface area (Å²) in [5.74, 6) is -0.989. The predicted octanol–water partition coefficient (Wildman–Crippen LogP) is 3.42. The van der Waals surface area contributed by atoms with Gasteiger partial charge < -0.3 is 10.0 Å².